The van der Waals surface area contributed by atoms with Gasteiger partial charge in [-0.25, -0.2) is 0 Å². The van der Waals surface area contributed by atoms with E-state index in [4.69, 9.17) is 33.0 Å². The molecule has 0 saturated carbocycles. The standard InChI is InChI=1S/C26H26Cl2N4O3/c1-26(2,34)25(33)29-14-16-7-4-8-17(13-16)15-32-20-11-6-12-21(35-3)22(20)24(31-32)30-19-10-5-9-18(27)23(19)28/h4-13,34H,14-15H2,1-3H3,(H,29,33)(H,30,31). The van der Waals surface area contributed by atoms with Gasteiger partial charge in [-0.2, -0.15) is 5.10 Å². The molecular weight excluding hydrogens is 487 g/mol. The third kappa shape index (κ3) is 5.53. The molecule has 0 aliphatic rings. The van der Waals surface area contributed by atoms with E-state index in [1.54, 1.807) is 13.2 Å². The van der Waals surface area contributed by atoms with Gasteiger partial charge in [-0.3, -0.25) is 9.48 Å². The zero-order valence-electron chi connectivity index (χ0n) is 19.6. The number of aliphatic hydroxyl groups is 1. The van der Waals surface area contributed by atoms with Gasteiger partial charge in [0.1, 0.15) is 11.4 Å². The zero-order valence-corrected chi connectivity index (χ0v) is 21.1. The highest BCUT2D eigenvalue weighted by Gasteiger charge is 2.23. The number of hydrogen-bond acceptors (Lipinski definition) is 5. The van der Waals surface area contributed by atoms with Gasteiger partial charge in [0.15, 0.2) is 5.82 Å². The summed E-state index contributed by atoms with van der Waals surface area (Å²) in [6.07, 6.45) is 0. The summed E-state index contributed by atoms with van der Waals surface area (Å²) in [6.45, 7) is 3.71. The van der Waals surface area contributed by atoms with Gasteiger partial charge in [-0.15, -0.1) is 0 Å². The highest BCUT2D eigenvalue weighted by atomic mass is 35.5. The van der Waals surface area contributed by atoms with Crippen molar-refractivity contribution in [3.05, 3.63) is 81.8 Å². The van der Waals surface area contributed by atoms with Gasteiger partial charge in [0.2, 0.25) is 0 Å². The Bertz CT molecular complexity index is 1380. The Labute approximate surface area is 213 Å². The Kier molecular flexibility index (Phi) is 7.21. The monoisotopic (exact) mass is 512 g/mol. The van der Waals surface area contributed by atoms with Crippen molar-refractivity contribution in [2.45, 2.75) is 32.5 Å². The number of aromatic nitrogens is 2. The topological polar surface area (TPSA) is 88.4 Å². The minimum Gasteiger partial charge on any atom is -0.496 e. The van der Waals surface area contributed by atoms with Crippen molar-refractivity contribution in [3.63, 3.8) is 0 Å². The fourth-order valence-electron chi connectivity index (χ4n) is 3.71. The molecule has 3 aromatic carbocycles. The van der Waals surface area contributed by atoms with Crippen LogP contribution in [0.3, 0.4) is 0 Å². The van der Waals surface area contributed by atoms with E-state index in [1.165, 1.54) is 13.8 Å². The summed E-state index contributed by atoms with van der Waals surface area (Å²) in [6, 6.07) is 19.0. The number of anilines is 2. The van der Waals surface area contributed by atoms with Crippen LogP contribution in [0.15, 0.2) is 60.7 Å². The lowest BCUT2D eigenvalue weighted by atomic mass is 10.1. The molecule has 0 unspecified atom stereocenters. The fraction of sp³-hybridized carbons (Fsp3) is 0.231. The Morgan fingerprint density at radius 2 is 1.80 bits per heavy atom. The molecule has 0 fully saturated rings. The maximum Gasteiger partial charge on any atom is 0.251 e. The molecule has 7 nitrogen and oxygen atoms in total. The number of nitrogens with zero attached hydrogens (tertiary/aromatic N) is 2. The van der Waals surface area contributed by atoms with Crippen molar-refractivity contribution in [1.29, 1.82) is 0 Å². The minimum atomic E-state index is -1.43. The molecule has 0 aliphatic heterocycles. The molecule has 182 valence electrons. The Morgan fingerprint density at radius 1 is 1.09 bits per heavy atom. The molecule has 1 heterocycles. The maximum atomic E-state index is 12.0. The van der Waals surface area contributed by atoms with Crippen molar-refractivity contribution in [3.8, 4) is 5.75 Å². The molecule has 4 aromatic rings. The van der Waals surface area contributed by atoms with Crippen LogP contribution in [0, 0.1) is 0 Å². The van der Waals surface area contributed by atoms with Crippen molar-refractivity contribution >= 4 is 51.5 Å². The molecule has 9 heteroatoms. The van der Waals surface area contributed by atoms with Gasteiger partial charge >= 0.3 is 0 Å². The molecule has 3 N–H and O–H groups in total. The summed E-state index contributed by atoms with van der Waals surface area (Å²) in [7, 11) is 1.62. The van der Waals surface area contributed by atoms with Gasteiger partial charge in [-0.1, -0.05) is 59.6 Å². The first-order chi connectivity index (χ1) is 16.7. The predicted octanol–water partition coefficient (Wildman–Crippen LogP) is 5.53. The normalized spacial score (nSPS) is 11.5. The van der Waals surface area contributed by atoms with E-state index in [1.807, 2.05) is 59.3 Å². The van der Waals surface area contributed by atoms with Crippen LogP contribution in [0.5, 0.6) is 5.75 Å². The average Bonchev–Trinajstić information content (AvgIpc) is 3.17. The van der Waals surface area contributed by atoms with Gasteiger partial charge in [0, 0.05) is 6.54 Å². The number of benzene rings is 3. The van der Waals surface area contributed by atoms with Crippen LogP contribution in [0.4, 0.5) is 11.5 Å². The summed E-state index contributed by atoms with van der Waals surface area (Å²) in [4.78, 5) is 12.0. The zero-order chi connectivity index (χ0) is 25.2. The summed E-state index contributed by atoms with van der Waals surface area (Å²) in [5.74, 6) is 0.844. The highest BCUT2D eigenvalue weighted by Crippen LogP contribution is 2.37. The van der Waals surface area contributed by atoms with Gasteiger partial charge in [0.05, 0.1) is 40.3 Å². The second kappa shape index (κ2) is 10.2. The number of hydrogen-bond donors (Lipinski definition) is 3. The lowest BCUT2D eigenvalue weighted by molar-refractivity contribution is -0.136. The van der Waals surface area contributed by atoms with E-state index in [0.717, 1.165) is 22.0 Å². The minimum absolute atomic E-state index is 0.310. The molecule has 0 aliphatic carbocycles. The van der Waals surface area contributed by atoms with Crippen molar-refractivity contribution in [2.24, 2.45) is 0 Å². The van der Waals surface area contributed by atoms with Gasteiger partial charge < -0.3 is 20.5 Å². The molecule has 0 spiro atoms. The summed E-state index contributed by atoms with van der Waals surface area (Å²) in [5, 5.41) is 22.4. The highest BCUT2D eigenvalue weighted by molar-refractivity contribution is 6.43. The Hall–Kier alpha value is -3.26. The summed E-state index contributed by atoms with van der Waals surface area (Å²) in [5.41, 5.74) is 2.00. The fourth-order valence-corrected chi connectivity index (χ4v) is 4.06. The largest absolute Gasteiger partial charge is 0.496 e. The van der Waals surface area contributed by atoms with Crippen LogP contribution in [0.2, 0.25) is 10.0 Å². The van der Waals surface area contributed by atoms with E-state index in [9.17, 15) is 9.90 Å². The van der Waals surface area contributed by atoms with Crippen LogP contribution in [0.1, 0.15) is 25.0 Å². The lowest BCUT2D eigenvalue weighted by Crippen LogP contribution is -2.41. The molecule has 0 bridgehead atoms. The average molecular weight is 513 g/mol. The first-order valence-corrected chi connectivity index (χ1v) is 11.8. The first-order valence-electron chi connectivity index (χ1n) is 11.0. The number of ether oxygens (including phenoxy) is 1. The Morgan fingerprint density at radius 3 is 2.54 bits per heavy atom. The van der Waals surface area contributed by atoms with Crippen molar-refractivity contribution in [2.75, 3.05) is 12.4 Å². The molecule has 0 atom stereocenters. The maximum absolute atomic E-state index is 12.0. The van der Waals surface area contributed by atoms with E-state index < -0.39 is 11.5 Å². The number of amides is 1. The Balaban J connectivity index is 1.65. The number of methoxy groups -OCH3 is 1. The van der Waals surface area contributed by atoms with Crippen LogP contribution in [-0.2, 0) is 17.9 Å². The summed E-state index contributed by atoms with van der Waals surface area (Å²) < 4.78 is 7.49. The lowest BCUT2D eigenvalue weighted by Gasteiger charge is -2.16. The van der Waals surface area contributed by atoms with Gasteiger partial charge in [-0.05, 0) is 49.2 Å². The number of fused-ring (bicyclic) bond motifs is 1. The molecule has 35 heavy (non-hydrogen) atoms. The molecular formula is C26H26Cl2N4O3. The summed E-state index contributed by atoms with van der Waals surface area (Å²) >= 11 is 12.6. The first kappa shape index (κ1) is 24.9. The third-order valence-corrected chi connectivity index (χ3v) is 6.32. The van der Waals surface area contributed by atoms with Gasteiger partial charge in [0.25, 0.3) is 5.91 Å². The second-order valence-electron chi connectivity index (χ2n) is 8.65. The third-order valence-electron chi connectivity index (χ3n) is 5.50. The number of carbonyl (C=O) groups excluding carboxylic acids is 1. The molecule has 0 saturated heterocycles. The van der Waals surface area contributed by atoms with E-state index in [-0.39, 0.29) is 0 Å². The van der Waals surface area contributed by atoms with Crippen LogP contribution < -0.4 is 15.4 Å². The smallest absolute Gasteiger partial charge is 0.251 e. The van der Waals surface area contributed by atoms with Crippen LogP contribution in [0.25, 0.3) is 10.9 Å². The number of rotatable bonds is 8. The van der Waals surface area contributed by atoms with Crippen LogP contribution in [-0.4, -0.2) is 33.5 Å². The van der Waals surface area contributed by atoms with E-state index >= 15 is 0 Å². The molecule has 4 rings (SSSR count). The number of carbonyl (C=O) groups is 1. The molecule has 1 aromatic heterocycles. The second-order valence-corrected chi connectivity index (χ2v) is 9.43. The quantitative estimate of drug-likeness (QED) is 0.288. The van der Waals surface area contributed by atoms with E-state index in [2.05, 4.69) is 10.6 Å². The van der Waals surface area contributed by atoms with Crippen LogP contribution >= 0.6 is 23.2 Å². The van der Waals surface area contributed by atoms with E-state index in [0.29, 0.717) is 40.4 Å². The molecule has 0 radical (unpaired) electrons. The number of nitrogens with one attached hydrogen (secondary N) is 2. The predicted molar refractivity (Wildman–Crippen MR) is 140 cm³/mol. The van der Waals surface area contributed by atoms with Crippen molar-refractivity contribution < 1.29 is 14.6 Å². The number of halogens is 2. The SMILES string of the molecule is COc1cccc2c1c(Nc1cccc(Cl)c1Cl)nn2Cc1cccc(CNC(=O)C(C)(C)O)c1. The van der Waals surface area contributed by atoms with Crippen molar-refractivity contribution in [1.82, 2.24) is 15.1 Å². The molecule has 1 amide bonds.